The van der Waals surface area contributed by atoms with Crippen LogP contribution < -0.4 is 4.74 Å². The molecule has 2 heterocycles. The summed E-state index contributed by atoms with van der Waals surface area (Å²) in [5.41, 5.74) is 5.17. The van der Waals surface area contributed by atoms with Crippen molar-refractivity contribution in [2.75, 3.05) is 0 Å². The molecule has 2 fully saturated rings. The van der Waals surface area contributed by atoms with Gasteiger partial charge < -0.3 is 9.64 Å². The van der Waals surface area contributed by atoms with Crippen LogP contribution in [0.15, 0.2) is 71.6 Å². The van der Waals surface area contributed by atoms with Gasteiger partial charge in [-0.15, -0.1) is 11.8 Å². The quantitative estimate of drug-likeness (QED) is 0.368. The Morgan fingerprint density at radius 3 is 2.49 bits per heavy atom. The summed E-state index contributed by atoms with van der Waals surface area (Å²) in [6.45, 7) is 4.27. The Hall–Kier alpha value is -3.23. The highest BCUT2D eigenvalue weighted by atomic mass is 32.2. The highest BCUT2D eigenvalue weighted by molar-refractivity contribution is 7.98. The number of rotatable bonds is 6. The second-order valence-electron chi connectivity index (χ2n) is 9.70. The maximum atomic E-state index is 13.4. The summed E-state index contributed by atoms with van der Waals surface area (Å²) < 4.78 is 6.22. The molecule has 2 aliphatic rings. The maximum Gasteiger partial charge on any atom is 0.254 e. The summed E-state index contributed by atoms with van der Waals surface area (Å²) in [5.74, 6) is 1.76. The molecule has 3 aromatic rings. The van der Waals surface area contributed by atoms with E-state index in [2.05, 4.69) is 55.1 Å². The molecule has 3 aromatic carbocycles. The van der Waals surface area contributed by atoms with Gasteiger partial charge in [0, 0.05) is 41.1 Å². The van der Waals surface area contributed by atoms with Crippen molar-refractivity contribution >= 4 is 17.7 Å². The Labute approximate surface area is 211 Å². The fraction of sp³-hybridized carbons (Fsp3) is 0.333. The first kappa shape index (κ1) is 23.5. The summed E-state index contributed by atoms with van der Waals surface area (Å²) in [6, 6.07) is 24.6. The van der Waals surface area contributed by atoms with Crippen LogP contribution in [-0.2, 0) is 5.75 Å². The molecule has 178 valence electrons. The molecule has 0 aliphatic carbocycles. The van der Waals surface area contributed by atoms with E-state index < -0.39 is 0 Å². The van der Waals surface area contributed by atoms with Crippen molar-refractivity contribution in [3.8, 4) is 11.8 Å². The van der Waals surface area contributed by atoms with Crippen LogP contribution in [0.25, 0.3) is 0 Å². The van der Waals surface area contributed by atoms with E-state index in [9.17, 15) is 4.79 Å². The van der Waals surface area contributed by atoms with E-state index in [4.69, 9.17) is 10.00 Å². The third kappa shape index (κ3) is 5.23. The maximum absolute atomic E-state index is 13.4. The number of fused-ring (bicyclic) bond motifs is 2. The number of aryl methyl sites for hydroxylation is 2. The first-order valence-electron chi connectivity index (χ1n) is 12.3. The Kier molecular flexibility index (Phi) is 6.83. The van der Waals surface area contributed by atoms with Gasteiger partial charge in [-0.3, -0.25) is 4.79 Å². The second kappa shape index (κ2) is 10.2. The van der Waals surface area contributed by atoms with Crippen molar-refractivity contribution in [1.82, 2.24) is 4.90 Å². The van der Waals surface area contributed by atoms with Gasteiger partial charge in [0.25, 0.3) is 5.91 Å². The molecular formula is C30H30N2O2S. The van der Waals surface area contributed by atoms with Gasteiger partial charge in [0.2, 0.25) is 0 Å². The molecular weight excluding hydrogens is 452 g/mol. The fourth-order valence-electron chi connectivity index (χ4n) is 5.30. The highest BCUT2D eigenvalue weighted by Crippen LogP contribution is 2.38. The molecule has 5 rings (SSSR count). The van der Waals surface area contributed by atoms with E-state index in [1.54, 1.807) is 12.1 Å². The third-order valence-corrected chi connectivity index (χ3v) is 8.36. The summed E-state index contributed by atoms with van der Waals surface area (Å²) >= 11 is 1.84. The zero-order valence-corrected chi connectivity index (χ0v) is 21.1. The topological polar surface area (TPSA) is 53.3 Å². The number of benzene rings is 3. The number of ether oxygens (including phenoxy) is 1. The standard InChI is InChI=1S/C30H30N2O2S/c1-20-6-7-21(2)29(14-20)35-19-22-8-10-24(11-9-22)30(33)32-25-12-13-26(32)17-28(16-25)34-27-5-3-4-23(15-27)18-31/h3-11,14-15,25-26,28H,12-13,16-17,19H2,1-2H3. The number of hydrogen-bond acceptors (Lipinski definition) is 4. The van der Waals surface area contributed by atoms with Crippen LogP contribution >= 0.6 is 11.8 Å². The Morgan fingerprint density at radius 2 is 1.77 bits per heavy atom. The summed E-state index contributed by atoms with van der Waals surface area (Å²) in [5, 5.41) is 9.14. The number of hydrogen-bond donors (Lipinski definition) is 0. The molecule has 0 aromatic heterocycles. The SMILES string of the molecule is Cc1ccc(C)c(SCc2ccc(C(=O)N3C4CCC3CC(Oc3cccc(C#N)c3)C4)cc2)c1. The Bertz CT molecular complexity index is 1250. The molecule has 2 unspecified atom stereocenters. The van der Waals surface area contributed by atoms with Crippen LogP contribution in [0.2, 0.25) is 0 Å². The number of thioether (sulfide) groups is 1. The van der Waals surface area contributed by atoms with E-state index in [1.165, 1.54) is 21.6 Å². The average molecular weight is 483 g/mol. The number of carbonyl (C=O) groups excluding carboxylic acids is 1. The molecule has 2 aliphatic heterocycles. The minimum Gasteiger partial charge on any atom is -0.490 e. The lowest BCUT2D eigenvalue weighted by molar-refractivity contribution is 0.0359. The molecule has 0 N–H and O–H groups in total. The number of amides is 1. The summed E-state index contributed by atoms with van der Waals surface area (Å²) in [4.78, 5) is 16.8. The number of nitriles is 1. The van der Waals surface area contributed by atoms with E-state index in [1.807, 2.05) is 36.0 Å². The van der Waals surface area contributed by atoms with Crippen LogP contribution in [0.1, 0.15) is 58.3 Å². The molecule has 2 atom stereocenters. The van der Waals surface area contributed by atoms with Gasteiger partial charge in [0.15, 0.2) is 0 Å². The lowest BCUT2D eigenvalue weighted by Gasteiger charge is -2.39. The first-order valence-corrected chi connectivity index (χ1v) is 13.3. The lowest BCUT2D eigenvalue weighted by atomic mass is 9.98. The van der Waals surface area contributed by atoms with Gasteiger partial charge in [0.1, 0.15) is 11.9 Å². The van der Waals surface area contributed by atoms with Gasteiger partial charge in [-0.1, -0.05) is 35.9 Å². The van der Waals surface area contributed by atoms with Crippen LogP contribution in [-0.4, -0.2) is 29.0 Å². The molecule has 0 spiro atoms. The minimum atomic E-state index is 0.0787. The predicted octanol–water partition coefficient (Wildman–Crippen LogP) is 6.68. The van der Waals surface area contributed by atoms with Gasteiger partial charge in [0.05, 0.1) is 11.6 Å². The van der Waals surface area contributed by atoms with E-state index in [0.29, 0.717) is 5.56 Å². The van der Waals surface area contributed by atoms with E-state index >= 15 is 0 Å². The van der Waals surface area contributed by atoms with Gasteiger partial charge >= 0.3 is 0 Å². The number of nitrogens with zero attached hydrogens (tertiary/aromatic N) is 2. The Balaban J connectivity index is 1.20. The number of piperidine rings is 1. The molecule has 2 bridgehead atoms. The summed E-state index contributed by atoms with van der Waals surface area (Å²) in [7, 11) is 0. The highest BCUT2D eigenvalue weighted by Gasteiger charge is 2.44. The largest absolute Gasteiger partial charge is 0.490 e. The van der Waals surface area contributed by atoms with Crippen LogP contribution in [0.4, 0.5) is 0 Å². The molecule has 0 radical (unpaired) electrons. The van der Waals surface area contributed by atoms with Crippen LogP contribution in [0.3, 0.4) is 0 Å². The van der Waals surface area contributed by atoms with E-state index in [-0.39, 0.29) is 24.1 Å². The average Bonchev–Trinajstić information content (AvgIpc) is 3.14. The number of carbonyl (C=O) groups is 1. The van der Waals surface area contributed by atoms with Crippen LogP contribution in [0.5, 0.6) is 5.75 Å². The minimum absolute atomic E-state index is 0.0787. The van der Waals surface area contributed by atoms with Gasteiger partial charge in [-0.25, -0.2) is 0 Å². The second-order valence-corrected chi connectivity index (χ2v) is 10.7. The van der Waals surface area contributed by atoms with Gasteiger partial charge in [-0.2, -0.15) is 5.26 Å². The zero-order valence-electron chi connectivity index (χ0n) is 20.2. The molecule has 2 saturated heterocycles. The third-order valence-electron chi connectivity index (χ3n) is 7.13. The smallest absolute Gasteiger partial charge is 0.254 e. The van der Waals surface area contributed by atoms with Crippen molar-refractivity contribution in [3.63, 3.8) is 0 Å². The molecule has 0 saturated carbocycles. The normalized spacial score (nSPS) is 20.9. The fourth-order valence-corrected chi connectivity index (χ4v) is 6.38. The van der Waals surface area contributed by atoms with Crippen molar-refractivity contribution in [2.24, 2.45) is 0 Å². The lowest BCUT2D eigenvalue weighted by Crippen LogP contribution is -2.49. The Morgan fingerprint density at radius 1 is 1.03 bits per heavy atom. The van der Waals surface area contributed by atoms with Crippen molar-refractivity contribution in [2.45, 2.75) is 68.4 Å². The van der Waals surface area contributed by atoms with Crippen molar-refractivity contribution in [1.29, 1.82) is 5.26 Å². The van der Waals surface area contributed by atoms with Crippen molar-refractivity contribution in [3.05, 3.63) is 94.5 Å². The van der Waals surface area contributed by atoms with Crippen LogP contribution in [0, 0.1) is 25.2 Å². The van der Waals surface area contributed by atoms with E-state index in [0.717, 1.165) is 42.7 Å². The monoisotopic (exact) mass is 482 g/mol. The first-order chi connectivity index (χ1) is 17.0. The molecule has 4 nitrogen and oxygen atoms in total. The van der Waals surface area contributed by atoms with Crippen molar-refractivity contribution < 1.29 is 9.53 Å². The zero-order chi connectivity index (χ0) is 24.4. The molecule has 35 heavy (non-hydrogen) atoms. The molecule has 1 amide bonds. The predicted molar refractivity (Wildman–Crippen MR) is 140 cm³/mol. The molecule has 5 heteroatoms. The van der Waals surface area contributed by atoms with Gasteiger partial charge in [-0.05, 0) is 74.2 Å². The summed E-state index contributed by atoms with van der Waals surface area (Å²) in [6.07, 6.45) is 3.81.